The maximum absolute atomic E-state index is 13.9. The van der Waals surface area contributed by atoms with Crippen LogP contribution in [0.4, 0.5) is 0 Å². The highest BCUT2D eigenvalue weighted by Crippen LogP contribution is 2.35. The van der Waals surface area contributed by atoms with Crippen LogP contribution in [0.2, 0.25) is 0 Å². The molecule has 1 unspecified atom stereocenters. The molecule has 1 fully saturated rings. The number of rotatable bonds is 7. The van der Waals surface area contributed by atoms with Gasteiger partial charge in [0.2, 0.25) is 10.0 Å². The van der Waals surface area contributed by atoms with Crippen LogP contribution in [0.1, 0.15) is 42.4 Å². The second-order valence-corrected chi connectivity index (χ2v) is 12.9. The molecule has 1 aliphatic heterocycles. The summed E-state index contributed by atoms with van der Waals surface area (Å²) in [6, 6.07) is 13.0. The van der Waals surface area contributed by atoms with Gasteiger partial charge in [-0.25, -0.2) is 18.2 Å². The van der Waals surface area contributed by atoms with Crippen molar-refractivity contribution in [3.8, 4) is 5.75 Å². The van der Waals surface area contributed by atoms with Crippen LogP contribution in [0.3, 0.4) is 0 Å². The number of thiazole rings is 1. The third-order valence-corrected chi connectivity index (χ3v) is 9.26. The number of aromatic nitrogens is 1. The van der Waals surface area contributed by atoms with Gasteiger partial charge in [0.05, 0.1) is 23.2 Å². The van der Waals surface area contributed by atoms with Gasteiger partial charge in [0.25, 0.3) is 5.91 Å². The van der Waals surface area contributed by atoms with E-state index in [0.717, 1.165) is 9.87 Å². The van der Waals surface area contributed by atoms with E-state index in [1.54, 1.807) is 41.2 Å². The van der Waals surface area contributed by atoms with Crippen molar-refractivity contribution in [2.75, 3.05) is 26.7 Å². The lowest BCUT2D eigenvalue weighted by atomic mass is 9.85. The summed E-state index contributed by atoms with van der Waals surface area (Å²) < 4.78 is 33.6. The minimum Gasteiger partial charge on any atom is -0.496 e. The molecule has 1 aromatic heterocycles. The topological polar surface area (TPSA) is 117 Å². The second-order valence-electron chi connectivity index (χ2n) is 10.3. The van der Waals surface area contributed by atoms with Gasteiger partial charge >= 0.3 is 5.97 Å². The monoisotopic (exact) mass is 557 g/mol. The smallest absolute Gasteiger partial charge is 0.331 e. The zero-order valence-electron chi connectivity index (χ0n) is 21.7. The van der Waals surface area contributed by atoms with Gasteiger partial charge in [-0.15, -0.1) is 11.3 Å². The summed E-state index contributed by atoms with van der Waals surface area (Å²) in [7, 11) is -2.47. The molecule has 2 aromatic carbocycles. The fraction of sp³-hybridized carbons (Fsp3) is 0.370. The number of hydrogen-bond acceptors (Lipinski definition) is 7. The molecule has 1 atom stereocenters. The lowest BCUT2D eigenvalue weighted by Crippen LogP contribution is -2.69. The third kappa shape index (κ3) is 5.18. The average Bonchev–Trinajstić information content (AvgIpc) is 3.40. The molecule has 1 amide bonds. The number of carbonyl (C=O) groups is 2. The number of hydrogen-bond donors (Lipinski definition) is 1. The van der Waals surface area contributed by atoms with Crippen molar-refractivity contribution in [2.45, 2.75) is 43.0 Å². The fourth-order valence-electron chi connectivity index (χ4n) is 4.76. The molecule has 0 radical (unpaired) electrons. The Morgan fingerprint density at radius 2 is 1.84 bits per heavy atom. The van der Waals surface area contributed by atoms with Crippen molar-refractivity contribution in [1.29, 1.82) is 0 Å². The van der Waals surface area contributed by atoms with E-state index in [4.69, 9.17) is 4.74 Å². The van der Waals surface area contributed by atoms with Crippen LogP contribution in [0.5, 0.6) is 5.75 Å². The van der Waals surface area contributed by atoms with Crippen molar-refractivity contribution in [1.82, 2.24) is 14.2 Å². The molecule has 0 saturated carbocycles. The molecule has 4 rings (SSSR count). The lowest BCUT2D eigenvalue weighted by molar-refractivity contribution is -0.152. The molecule has 1 aliphatic rings. The van der Waals surface area contributed by atoms with Gasteiger partial charge in [-0.05, 0) is 35.2 Å². The summed E-state index contributed by atoms with van der Waals surface area (Å²) in [6.07, 6.45) is -0.143. The number of carboxylic acids is 1. The van der Waals surface area contributed by atoms with Crippen LogP contribution in [-0.2, 0) is 26.7 Å². The summed E-state index contributed by atoms with van der Waals surface area (Å²) >= 11 is 1.30. The molecule has 38 heavy (non-hydrogen) atoms. The number of piperazine rings is 1. The van der Waals surface area contributed by atoms with Gasteiger partial charge in [-0.2, -0.15) is 4.31 Å². The largest absolute Gasteiger partial charge is 0.496 e. The highest BCUT2D eigenvalue weighted by molar-refractivity contribution is 7.89. The Kier molecular flexibility index (Phi) is 7.64. The lowest BCUT2D eigenvalue weighted by Gasteiger charge is -2.47. The van der Waals surface area contributed by atoms with Crippen LogP contribution in [0.15, 0.2) is 64.3 Å². The Labute approximate surface area is 226 Å². The molecule has 0 bridgehead atoms. The molecule has 202 valence electrons. The average molecular weight is 558 g/mol. The van der Waals surface area contributed by atoms with Crippen molar-refractivity contribution >= 4 is 33.2 Å². The number of nitrogens with zero attached hydrogens (tertiary/aromatic N) is 3. The summed E-state index contributed by atoms with van der Waals surface area (Å²) in [4.78, 5) is 32.5. The fourth-order valence-corrected chi connectivity index (χ4v) is 6.82. The van der Waals surface area contributed by atoms with Gasteiger partial charge < -0.3 is 14.7 Å². The first-order chi connectivity index (χ1) is 17.9. The van der Waals surface area contributed by atoms with E-state index in [2.05, 4.69) is 4.98 Å². The molecule has 1 saturated heterocycles. The Hall–Kier alpha value is -3.28. The van der Waals surface area contributed by atoms with Crippen LogP contribution in [0, 0.1) is 0 Å². The minimum atomic E-state index is -4.00. The standard InChI is InChI=1S/C27H31N3O6S2/c1-26(2,3)22-11-10-19(14-23(22)36-4)24(31)30-13-12-29(38(34,35)21-8-6-5-7-9-21)17-27(30,25(32)33)15-20-16-37-18-28-20/h5-11,14,16,18H,12-13,15,17H2,1-4H3,(H,32,33). The van der Waals surface area contributed by atoms with E-state index in [-0.39, 0.29) is 35.4 Å². The predicted octanol–water partition coefficient (Wildman–Crippen LogP) is 3.66. The molecule has 9 nitrogen and oxygen atoms in total. The highest BCUT2D eigenvalue weighted by atomic mass is 32.2. The summed E-state index contributed by atoms with van der Waals surface area (Å²) in [5.41, 5.74) is 1.10. The van der Waals surface area contributed by atoms with Gasteiger partial charge in [0.1, 0.15) is 5.75 Å². The summed E-state index contributed by atoms with van der Waals surface area (Å²) in [6.45, 7) is 5.52. The summed E-state index contributed by atoms with van der Waals surface area (Å²) in [5, 5.41) is 12.3. The molecule has 2 heterocycles. The maximum Gasteiger partial charge on any atom is 0.331 e. The van der Waals surface area contributed by atoms with E-state index < -0.39 is 34.0 Å². The van der Waals surface area contributed by atoms with Crippen molar-refractivity contribution < 1.29 is 27.9 Å². The highest BCUT2D eigenvalue weighted by Gasteiger charge is 2.53. The van der Waals surface area contributed by atoms with Gasteiger partial charge in [-0.3, -0.25) is 4.79 Å². The molecule has 0 spiro atoms. The zero-order chi connectivity index (χ0) is 27.7. The molecule has 0 aliphatic carbocycles. The molecule has 1 N–H and O–H groups in total. The number of carbonyl (C=O) groups excluding carboxylic acids is 1. The Balaban J connectivity index is 1.78. The molecular formula is C27H31N3O6S2. The second kappa shape index (κ2) is 10.5. The number of methoxy groups -OCH3 is 1. The van der Waals surface area contributed by atoms with Crippen LogP contribution in [0.25, 0.3) is 0 Å². The predicted molar refractivity (Wildman–Crippen MR) is 144 cm³/mol. The number of ether oxygens (including phenoxy) is 1. The number of amides is 1. The first kappa shape index (κ1) is 27.7. The van der Waals surface area contributed by atoms with Crippen molar-refractivity contribution in [3.63, 3.8) is 0 Å². The normalized spacial score (nSPS) is 18.8. The SMILES string of the molecule is COc1cc(C(=O)N2CCN(S(=O)(=O)c3ccccc3)CC2(Cc2cscn2)C(=O)O)ccc1C(C)(C)C. The molecule has 3 aromatic rings. The van der Waals surface area contributed by atoms with E-state index >= 15 is 0 Å². The van der Waals surface area contributed by atoms with Gasteiger partial charge in [0, 0.05) is 37.0 Å². The zero-order valence-corrected chi connectivity index (χ0v) is 23.4. The first-order valence-corrected chi connectivity index (χ1v) is 14.4. The number of aliphatic carboxylic acids is 1. The van der Waals surface area contributed by atoms with E-state index in [9.17, 15) is 23.1 Å². The van der Waals surface area contributed by atoms with Gasteiger partial charge in [0.15, 0.2) is 5.54 Å². The Morgan fingerprint density at radius 3 is 2.42 bits per heavy atom. The van der Waals surface area contributed by atoms with E-state index in [1.165, 1.54) is 35.5 Å². The number of sulfonamides is 1. The van der Waals surface area contributed by atoms with Gasteiger partial charge in [-0.1, -0.05) is 45.0 Å². The third-order valence-electron chi connectivity index (χ3n) is 6.77. The Bertz CT molecular complexity index is 1420. The minimum absolute atomic E-state index is 0.0493. The van der Waals surface area contributed by atoms with Crippen molar-refractivity contribution in [3.05, 3.63) is 76.2 Å². The van der Waals surface area contributed by atoms with E-state index in [1.807, 2.05) is 26.8 Å². The molecule has 11 heteroatoms. The maximum atomic E-state index is 13.9. The Morgan fingerprint density at radius 1 is 1.13 bits per heavy atom. The quantitative estimate of drug-likeness (QED) is 0.471. The van der Waals surface area contributed by atoms with Crippen LogP contribution in [-0.4, -0.2) is 71.9 Å². The number of carboxylic acid groups (broad SMARTS) is 1. The summed E-state index contributed by atoms with van der Waals surface area (Å²) in [5.74, 6) is -1.29. The molecular weight excluding hydrogens is 526 g/mol. The first-order valence-electron chi connectivity index (χ1n) is 12.1. The van der Waals surface area contributed by atoms with Crippen LogP contribution < -0.4 is 4.74 Å². The van der Waals surface area contributed by atoms with Crippen molar-refractivity contribution in [2.24, 2.45) is 0 Å². The van der Waals surface area contributed by atoms with Crippen LogP contribution >= 0.6 is 11.3 Å². The van der Waals surface area contributed by atoms with E-state index in [0.29, 0.717) is 11.4 Å². The number of benzene rings is 2.